The van der Waals surface area contributed by atoms with Crippen molar-refractivity contribution in [1.29, 1.82) is 0 Å². The van der Waals surface area contributed by atoms with E-state index in [0.29, 0.717) is 5.57 Å². The maximum atomic E-state index is 13.7. The van der Waals surface area contributed by atoms with Gasteiger partial charge in [0.05, 0.1) is 12.2 Å². The molecule has 142 valence electrons. The molecule has 1 aliphatic heterocycles. The molecule has 0 atom stereocenters. The van der Waals surface area contributed by atoms with Gasteiger partial charge in [0.25, 0.3) is 0 Å². The summed E-state index contributed by atoms with van der Waals surface area (Å²) in [5.74, 6) is -1.89. The summed E-state index contributed by atoms with van der Waals surface area (Å²) in [5, 5.41) is 5.55. The average molecular weight is 384 g/mol. The first kappa shape index (κ1) is 18.6. The van der Waals surface area contributed by atoms with Crippen molar-refractivity contribution in [3.63, 3.8) is 0 Å². The number of aromatic nitrogens is 2. The summed E-state index contributed by atoms with van der Waals surface area (Å²) in [6.07, 6.45) is -0.278. The number of hydrogen-bond donors (Lipinski definition) is 1. The smallest absolute Gasteiger partial charge is 0.302 e. The lowest BCUT2D eigenvalue weighted by atomic mass is 10.1. The van der Waals surface area contributed by atoms with Gasteiger partial charge in [-0.05, 0) is 29.8 Å². The summed E-state index contributed by atoms with van der Waals surface area (Å²) in [6.45, 7) is -0.102. The number of urea groups is 1. The molecule has 0 spiro atoms. The third-order valence-electron chi connectivity index (χ3n) is 3.86. The molecule has 0 radical (unpaired) electrons. The largest absolute Gasteiger partial charge is 0.435 e. The number of amides is 2. The number of carbonyl (C=O) groups excluding carboxylic acids is 1. The molecule has 0 saturated heterocycles. The van der Waals surface area contributed by atoms with Gasteiger partial charge in [0.1, 0.15) is 17.3 Å². The molecular weight excluding hydrogens is 371 g/mol. The second-order valence-corrected chi connectivity index (χ2v) is 5.72. The minimum atomic E-state index is -4.60. The van der Waals surface area contributed by atoms with Crippen molar-refractivity contribution in [1.82, 2.24) is 14.7 Å². The number of hydrogen-bond acceptors (Lipinski definition) is 2. The summed E-state index contributed by atoms with van der Waals surface area (Å²) in [5.41, 5.74) is -1.11. The third-order valence-corrected chi connectivity index (χ3v) is 3.86. The van der Waals surface area contributed by atoms with Crippen LogP contribution < -0.4 is 5.32 Å². The predicted octanol–water partition coefficient (Wildman–Crippen LogP) is 4.16. The van der Waals surface area contributed by atoms with Crippen molar-refractivity contribution in [3.8, 4) is 0 Å². The van der Waals surface area contributed by atoms with Gasteiger partial charge in [-0.3, -0.25) is 9.58 Å². The minimum Gasteiger partial charge on any atom is -0.302 e. The van der Waals surface area contributed by atoms with Crippen LogP contribution in [0.15, 0.2) is 42.6 Å². The first-order valence-corrected chi connectivity index (χ1v) is 7.67. The molecule has 0 unspecified atom stereocenters. The second-order valence-electron chi connectivity index (χ2n) is 5.72. The molecule has 3 rings (SSSR count). The molecule has 0 aliphatic carbocycles. The van der Waals surface area contributed by atoms with E-state index >= 15 is 0 Å². The van der Waals surface area contributed by atoms with E-state index in [0.717, 1.165) is 33.8 Å². The van der Waals surface area contributed by atoms with E-state index in [1.807, 2.05) is 0 Å². The van der Waals surface area contributed by atoms with E-state index < -0.39 is 35.2 Å². The molecule has 1 aliphatic rings. The van der Waals surface area contributed by atoms with Gasteiger partial charge < -0.3 is 5.32 Å². The fraction of sp³-hybridized carbons (Fsp3) is 0.176. The van der Waals surface area contributed by atoms with Crippen LogP contribution in [0.3, 0.4) is 0 Å². The van der Waals surface area contributed by atoms with Crippen molar-refractivity contribution in [2.45, 2.75) is 6.18 Å². The van der Waals surface area contributed by atoms with E-state index in [1.54, 1.807) is 0 Å². The first-order valence-electron chi connectivity index (χ1n) is 7.67. The lowest BCUT2D eigenvalue weighted by Gasteiger charge is -2.23. The minimum absolute atomic E-state index is 0.102. The SMILES string of the molecule is Cn1nc(C(F)(F)F)cc1C1=CC=CN(C(=O)Nc2c(F)cccc2F)C1. The van der Waals surface area contributed by atoms with E-state index in [9.17, 15) is 26.7 Å². The predicted molar refractivity (Wildman–Crippen MR) is 87.4 cm³/mol. The molecule has 2 amide bonds. The van der Waals surface area contributed by atoms with Crippen LogP contribution in [-0.4, -0.2) is 27.3 Å². The maximum absolute atomic E-state index is 13.7. The third kappa shape index (κ3) is 3.83. The number of anilines is 1. The van der Waals surface area contributed by atoms with Crippen LogP contribution in [0.5, 0.6) is 0 Å². The van der Waals surface area contributed by atoms with Gasteiger partial charge in [-0.1, -0.05) is 12.1 Å². The number of halogens is 5. The molecule has 2 aromatic rings. The van der Waals surface area contributed by atoms with Gasteiger partial charge in [0.2, 0.25) is 0 Å². The number of aryl methyl sites for hydroxylation is 1. The fourth-order valence-corrected chi connectivity index (χ4v) is 2.56. The molecule has 0 fully saturated rings. The molecule has 1 N–H and O–H groups in total. The van der Waals surface area contributed by atoms with E-state index in [1.165, 1.54) is 25.4 Å². The van der Waals surface area contributed by atoms with Crippen molar-refractivity contribution in [3.05, 3.63) is 65.6 Å². The summed E-state index contributed by atoms with van der Waals surface area (Å²) in [6, 6.07) is 3.17. The zero-order chi connectivity index (χ0) is 19.8. The monoisotopic (exact) mass is 384 g/mol. The lowest BCUT2D eigenvalue weighted by molar-refractivity contribution is -0.141. The summed E-state index contributed by atoms with van der Waals surface area (Å²) in [7, 11) is 1.35. The molecular formula is C17H13F5N4O. The Labute approximate surface area is 150 Å². The van der Waals surface area contributed by atoms with Crippen LogP contribution in [0.1, 0.15) is 11.4 Å². The Morgan fingerprint density at radius 1 is 1.22 bits per heavy atom. The van der Waals surface area contributed by atoms with Gasteiger partial charge in [-0.15, -0.1) is 0 Å². The highest BCUT2D eigenvalue weighted by atomic mass is 19.4. The Kier molecular flexibility index (Phi) is 4.73. The van der Waals surface area contributed by atoms with E-state index in [-0.39, 0.29) is 12.2 Å². The normalized spacial score (nSPS) is 14.3. The van der Waals surface area contributed by atoms with Gasteiger partial charge in [-0.2, -0.15) is 18.3 Å². The highest BCUT2D eigenvalue weighted by molar-refractivity contribution is 5.92. The van der Waals surface area contributed by atoms with Crippen LogP contribution in [0, 0.1) is 11.6 Å². The summed E-state index contributed by atoms with van der Waals surface area (Å²) < 4.78 is 66.8. The molecule has 2 heterocycles. The highest BCUT2D eigenvalue weighted by Crippen LogP contribution is 2.31. The number of para-hydroxylation sites is 1. The van der Waals surface area contributed by atoms with Gasteiger partial charge in [-0.25, -0.2) is 13.6 Å². The van der Waals surface area contributed by atoms with Crippen molar-refractivity contribution in [2.24, 2.45) is 7.05 Å². The Balaban J connectivity index is 1.79. The lowest BCUT2D eigenvalue weighted by Crippen LogP contribution is -2.33. The topological polar surface area (TPSA) is 50.2 Å². The number of allylic oxidation sites excluding steroid dienone is 2. The van der Waals surface area contributed by atoms with Crippen LogP contribution in [0.4, 0.5) is 32.4 Å². The summed E-state index contributed by atoms with van der Waals surface area (Å²) >= 11 is 0. The van der Waals surface area contributed by atoms with Gasteiger partial charge in [0, 0.05) is 13.2 Å². The number of alkyl halides is 3. The molecule has 0 saturated carbocycles. The van der Waals surface area contributed by atoms with Crippen LogP contribution in [-0.2, 0) is 13.2 Å². The first-order chi connectivity index (χ1) is 12.7. The van der Waals surface area contributed by atoms with Crippen molar-refractivity contribution < 1.29 is 26.7 Å². The van der Waals surface area contributed by atoms with E-state index in [2.05, 4.69) is 10.4 Å². The second kappa shape index (κ2) is 6.86. The van der Waals surface area contributed by atoms with Crippen molar-refractivity contribution in [2.75, 3.05) is 11.9 Å². The molecule has 5 nitrogen and oxygen atoms in total. The summed E-state index contributed by atoms with van der Waals surface area (Å²) in [4.78, 5) is 13.4. The Morgan fingerprint density at radius 3 is 2.48 bits per heavy atom. The van der Waals surface area contributed by atoms with Crippen LogP contribution in [0.2, 0.25) is 0 Å². The Bertz CT molecular complexity index is 925. The van der Waals surface area contributed by atoms with Gasteiger partial charge in [0.15, 0.2) is 5.69 Å². The van der Waals surface area contributed by atoms with Crippen LogP contribution in [0.25, 0.3) is 5.57 Å². The Hall–Kier alpha value is -3.17. The number of carbonyl (C=O) groups is 1. The molecule has 27 heavy (non-hydrogen) atoms. The number of benzene rings is 1. The molecule has 1 aromatic carbocycles. The standard InChI is InChI=1S/C17H13F5N4O/c1-25-13(8-14(24-25)17(20,21)22)10-4-3-7-26(9-10)16(27)23-15-11(18)5-2-6-12(15)19/h2-8H,9H2,1H3,(H,23,27). The van der Waals surface area contributed by atoms with Gasteiger partial charge >= 0.3 is 12.2 Å². The Morgan fingerprint density at radius 2 is 1.89 bits per heavy atom. The fourth-order valence-electron chi connectivity index (χ4n) is 2.56. The number of nitrogens with zero attached hydrogens (tertiary/aromatic N) is 3. The van der Waals surface area contributed by atoms with E-state index in [4.69, 9.17) is 0 Å². The zero-order valence-corrected chi connectivity index (χ0v) is 13.9. The molecule has 0 bridgehead atoms. The maximum Gasteiger partial charge on any atom is 0.435 e. The average Bonchev–Trinajstić information content (AvgIpc) is 3.00. The quantitative estimate of drug-likeness (QED) is 0.791. The van der Waals surface area contributed by atoms with Crippen LogP contribution >= 0.6 is 0 Å². The number of rotatable bonds is 2. The number of nitrogens with one attached hydrogen (secondary N) is 1. The highest BCUT2D eigenvalue weighted by Gasteiger charge is 2.35. The zero-order valence-electron chi connectivity index (χ0n) is 13.9. The molecule has 10 heteroatoms. The van der Waals surface area contributed by atoms with Crippen molar-refractivity contribution >= 4 is 17.3 Å². The molecule has 1 aromatic heterocycles.